The summed E-state index contributed by atoms with van der Waals surface area (Å²) < 4.78 is 5.84. The topological polar surface area (TPSA) is 87.0 Å². The van der Waals surface area contributed by atoms with E-state index in [1.807, 2.05) is 32.9 Å². The number of aldehydes is 1. The largest absolute Gasteiger partial charge is 0.396 e. The van der Waals surface area contributed by atoms with Crippen molar-refractivity contribution in [1.82, 2.24) is 0 Å². The van der Waals surface area contributed by atoms with E-state index in [2.05, 4.69) is 44.7 Å². The maximum Gasteiger partial charge on any atom is 0.145 e. The zero-order chi connectivity index (χ0) is 28.8. The average molecular weight is 539 g/mol. The summed E-state index contributed by atoms with van der Waals surface area (Å²) in [6.45, 7) is 15.0. The lowest BCUT2D eigenvalue weighted by atomic mass is 9.46. The zero-order valence-corrected chi connectivity index (χ0v) is 24.7. The molecule has 3 aliphatic rings. The Balaban J connectivity index is 1.99. The zero-order valence-electron chi connectivity index (χ0n) is 24.7. The minimum Gasteiger partial charge on any atom is -0.396 e. The first-order valence-electron chi connectivity index (χ1n) is 14.7. The van der Waals surface area contributed by atoms with Crippen molar-refractivity contribution in [3.63, 3.8) is 0 Å². The van der Waals surface area contributed by atoms with Crippen LogP contribution in [0.5, 0.6) is 0 Å². The Labute approximate surface area is 235 Å². The molecule has 5 nitrogen and oxygen atoms in total. The number of hydrogen-bond acceptors (Lipinski definition) is 5. The van der Waals surface area contributed by atoms with Crippen LogP contribution in [0.3, 0.4) is 0 Å². The average Bonchev–Trinajstić information content (AvgIpc) is 3.23. The number of carbonyl (C=O) groups excluding carboxylic acids is 1. The van der Waals surface area contributed by atoms with E-state index in [-0.39, 0.29) is 30.3 Å². The van der Waals surface area contributed by atoms with Crippen LogP contribution < -0.4 is 0 Å². The van der Waals surface area contributed by atoms with E-state index in [0.717, 1.165) is 42.3 Å². The summed E-state index contributed by atoms with van der Waals surface area (Å²) >= 11 is 0. The molecule has 0 aromatic rings. The number of hydrogen-bond donors (Lipinski definition) is 3. The lowest BCUT2D eigenvalue weighted by molar-refractivity contribution is -0.181. The second-order valence-electron chi connectivity index (χ2n) is 12.2. The van der Waals surface area contributed by atoms with E-state index in [4.69, 9.17) is 4.74 Å². The molecular weight excluding hydrogens is 488 g/mol. The Morgan fingerprint density at radius 2 is 2.00 bits per heavy atom. The van der Waals surface area contributed by atoms with Crippen molar-refractivity contribution in [3.05, 3.63) is 70.9 Å². The number of aliphatic hydroxyl groups is 3. The predicted octanol–water partition coefficient (Wildman–Crippen LogP) is 6.04. The summed E-state index contributed by atoms with van der Waals surface area (Å²) in [4.78, 5) is 12.0. The van der Waals surface area contributed by atoms with E-state index in [9.17, 15) is 20.1 Å². The summed E-state index contributed by atoms with van der Waals surface area (Å²) in [5, 5.41) is 34.2. The number of rotatable bonds is 12. The van der Waals surface area contributed by atoms with Crippen LogP contribution >= 0.6 is 0 Å². The van der Waals surface area contributed by atoms with Gasteiger partial charge < -0.3 is 20.1 Å². The Morgan fingerprint density at radius 1 is 1.26 bits per heavy atom. The molecule has 0 aromatic carbocycles. The number of allylic oxidation sites excluding steroid dienone is 10. The molecule has 3 aliphatic carbocycles. The third-order valence-electron chi connectivity index (χ3n) is 9.41. The van der Waals surface area contributed by atoms with Crippen molar-refractivity contribution in [2.45, 2.75) is 84.8 Å². The van der Waals surface area contributed by atoms with Crippen LogP contribution in [0.2, 0.25) is 0 Å². The van der Waals surface area contributed by atoms with Gasteiger partial charge in [0, 0.05) is 30.5 Å². The van der Waals surface area contributed by atoms with Gasteiger partial charge in [0.15, 0.2) is 0 Å². The van der Waals surface area contributed by atoms with Gasteiger partial charge in [0.1, 0.15) is 6.29 Å². The van der Waals surface area contributed by atoms with E-state index in [1.165, 1.54) is 5.57 Å². The second kappa shape index (κ2) is 13.5. The number of ether oxygens (including phenoxy) is 1. The van der Waals surface area contributed by atoms with Crippen LogP contribution in [0.25, 0.3) is 0 Å². The third-order valence-corrected chi connectivity index (χ3v) is 9.41. The van der Waals surface area contributed by atoms with Crippen LogP contribution in [0, 0.1) is 29.1 Å². The van der Waals surface area contributed by atoms with Gasteiger partial charge in [-0.25, -0.2) is 0 Å². The highest BCUT2D eigenvalue weighted by molar-refractivity contribution is 5.74. The first kappa shape index (κ1) is 31.5. The SMILES string of the molecule is C=C(/C=C/C=C(/COCC)[C@@H]1CC[C@]2([C@@H]1O)[C@@H]1C(=C(C)C=O)[C@@H](C=C[C@H]1CCO)C[C@@]2(C)O)CCC=C(C)C. The minimum atomic E-state index is -1.13. The van der Waals surface area contributed by atoms with Crippen molar-refractivity contribution >= 4 is 6.29 Å². The van der Waals surface area contributed by atoms with Crippen LogP contribution in [0.4, 0.5) is 0 Å². The number of carbonyl (C=O) groups is 1. The molecule has 0 unspecified atom stereocenters. The Kier molecular flexibility index (Phi) is 10.9. The lowest BCUT2D eigenvalue weighted by Crippen LogP contribution is -2.63. The van der Waals surface area contributed by atoms with Gasteiger partial charge in [-0.1, -0.05) is 59.8 Å². The van der Waals surface area contributed by atoms with Gasteiger partial charge in [0.2, 0.25) is 0 Å². The Bertz CT molecular complexity index is 1040. The minimum absolute atomic E-state index is 0.0130. The number of aliphatic hydroxyl groups excluding tert-OH is 2. The van der Waals surface area contributed by atoms with E-state index in [1.54, 1.807) is 0 Å². The molecule has 39 heavy (non-hydrogen) atoms. The second-order valence-corrected chi connectivity index (χ2v) is 12.2. The Hall–Kier alpha value is -2.05. The van der Waals surface area contributed by atoms with Crippen molar-refractivity contribution in [1.29, 1.82) is 0 Å². The molecule has 2 fully saturated rings. The first-order chi connectivity index (χ1) is 18.5. The van der Waals surface area contributed by atoms with E-state index < -0.39 is 17.1 Å². The highest BCUT2D eigenvalue weighted by Gasteiger charge is 2.67. The molecule has 0 radical (unpaired) electrons. The molecule has 0 saturated heterocycles. The molecule has 2 saturated carbocycles. The number of fused-ring (bicyclic) bond motifs is 3. The van der Waals surface area contributed by atoms with Crippen molar-refractivity contribution in [3.8, 4) is 0 Å². The van der Waals surface area contributed by atoms with Gasteiger partial charge >= 0.3 is 0 Å². The van der Waals surface area contributed by atoms with Crippen molar-refractivity contribution < 1.29 is 24.9 Å². The molecular formula is C34H50O5. The predicted molar refractivity (Wildman–Crippen MR) is 158 cm³/mol. The molecule has 2 bridgehead atoms. The standard InChI is InChI=1S/C34H50O5/c1-7-39-22-28(13-9-12-24(4)11-8-10-23(2)3)29-16-18-34(32(29)37)31-26(17-19-35)14-15-27(20-33(34,6)38)30(31)25(5)21-36/h9-10,12-15,21,26-27,29,31-32,35,37-38H,4,7-8,11,16-20,22H2,1-3,5-6H3/b12-9+,28-13-,30-25?/t26-,27-,29-,31-,32+,33+,34+/m0/s1. The fourth-order valence-corrected chi connectivity index (χ4v) is 7.57. The summed E-state index contributed by atoms with van der Waals surface area (Å²) in [6, 6.07) is 0. The van der Waals surface area contributed by atoms with Gasteiger partial charge in [0.05, 0.1) is 18.3 Å². The highest BCUT2D eigenvalue weighted by atomic mass is 16.5. The first-order valence-corrected chi connectivity index (χ1v) is 14.7. The molecule has 0 aliphatic heterocycles. The molecule has 0 heterocycles. The van der Waals surface area contributed by atoms with Crippen LogP contribution in [-0.2, 0) is 9.53 Å². The fraction of sp³-hybridized carbons (Fsp3) is 0.618. The maximum atomic E-state index is 12.2. The maximum absolute atomic E-state index is 12.2. The fourth-order valence-electron chi connectivity index (χ4n) is 7.57. The molecule has 0 aromatic heterocycles. The van der Waals surface area contributed by atoms with Crippen LogP contribution in [0.1, 0.15) is 73.1 Å². The van der Waals surface area contributed by atoms with Gasteiger partial charge in [-0.15, -0.1) is 0 Å². The van der Waals surface area contributed by atoms with E-state index in [0.29, 0.717) is 38.0 Å². The van der Waals surface area contributed by atoms with Gasteiger partial charge in [-0.3, -0.25) is 4.79 Å². The summed E-state index contributed by atoms with van der Waals surface area (Å²) in [6.07, 6.45) is 16.8. The molecule has 3 rings (SSSR count). The summed E-state index contributed by atoms with van der Waals surface area (Å²) in [7, 11) is 0. The van der Waals surface area contributed by atoms with E-state index >= 15 is 0 Å². The monoisotopic (exact) mass is 538 g/mol. The normalized spacial score (nSPS) is 35.5. The Morgan fingerprint density at radius 3 is 2.64 bits per heavy atom. The quantitative estimate of drug-likeness (QED) is 0.122. The van der Waals surface area contributed by atoms with Gasteiger partial charge in [-0.05, 0) is 96.1 Å². The third kappa shape index (κ3) is 6.48. The molecule has 1 spiro atoms. The summed E-state index contributed by atoms with van der Waals surface area (Å²) in [5.41, 5.74) is 3.10. The summed E-state index contributed by atoms with van der Waals surface area (Å²) in [5.74, 6) is -0.491. The van der Waals surface area contributed by atoms with Crippen LogP contribution in [0.15, 0.2) is 70.9 Å². The molecule has 5 heteroatoms. The van der Waals surface area contributed by atoms with Crippen LogP contribution in [-0.4, -0.2) is 53.1 Å². The molecule has 3 N–H and O–H groups in total. The highest BCUT2D eigenvalue weighted by Crippen LogP contribution is 2.66. The van der Waals surface area contributed by atoms with Gasteiger partial charge in [0.25, 0.3) is 0 Å². The van der Waals surface area contributed by atoms with Crippen molar-refractivity contribution in [2.24, 2.45) is 29.1 Å². The van der Waals surface area contributed by atoms with Crippen molar-refractivity contribution in [2.75, 3.05) is 19.8 Å². The molecule has 7 atom stereocenters. The molecule has 216 valence electrons. The molecule has 0 amide bonds. The van der Waals surface area contributed by atoms with Gasteiger partial charge in [-0.2, -0.15) is 0 Å². The lowest BCUT2D eigenvalue weighted by Gasteiger charge is -2.60. The smallest absolute Gasteiger partial charge is 0.145 e.